The van der Waals surface area contributed by atoms with Crippen LogP contribution in [0.4, 0.5) is 4.39 Å². The minimum atomic E-state index is -0.330. The van der Waals surface area contributed by atoms with Gasteiger partial charge in [0.05, 0.1) is 12.0 Å². The lowest BCUT2D eigenvalue weighted by Gasteiger charge is -2.10. The molecule has 0 radical (unpaired) electrons. The monoisotopic (exact) mass is 393 g/mol. The molecule has 0 fully saturated rings. The van der Waals surface area contributed by atoms with Crippen LogP contribution in [-0.4, -0.2) is 29.5 Å². The summed E-state index contributed by atoms with van der Waals surface area (Å²) < 4.78 is 14.9. The number of rotatable bonds is 7. The van der Waals surface area contributed by atoms with Gasteiger partial charge >= 0.3 is 0 Å². The molecule has 2 N–H and O–H groups in total. The van der Waals surface area contributed by atoms with Crippen LogP contribution in [0.1, 0.15) is 27.3 Å². The van der Waals surface area contributed by atoms with E-state index >= 15 is 0 Å². The largest absolute Gasteiger partial charge is 0.354 e. The van der Waals surface area contributed by atoms with E-state index in [0.717, 1.165) is 22.6 Å². The highest BCUT2D eigenvalue weighted by Crippen LogP contribution is 2.20. The van der Waals surface area contributed by atoms with E-state index in [9.17, 15) is 14.0 Å². The first kappa shape index (κ1) is 20.3. The maximum Gasteiger partial charge on any atom is 0.253 e. The van der Waals surface area contributed by atoms with E-state index in [4.69, 9.17) is 0 Å². The van der Waals surface area contributed by atoms with Crippen molar-refractivity contribution in [3.8, 4) is 5.69 Å². The van der Waals surface area contributed by atoms with Crippen molar-refractivity contribution in [2.24, 2.45) is 0 Å². The Hall–Kier alpha value is -3.41. The quantitative estimate of drug-likeness (QED) is 0.605. The Balaban J connectivity index is 1.51. The van der Waals surface area contributed by atoms with Crippen LogP contribution in [0.25, 0.3) is 5.69 Å². The fourth-order valence-corrected chi connectivity index (χ4v) is 3.29. The van der Waals surface area contributed by atoms with Crippen LogP contribution in [0.15, 0.2) is 60.7 Å². The van der Waals surface area contributed by atoms with Gasteiger partial charge in [0.15, 0.2) is 0 Å². The number of aromatic nitrogens is 1. The van der Waals surface area contributed by atoms with Crippen molar-refractivity contribution < 1.29 is 14.0 Å². The Morgan fingerprint density at radius 2 is 1.59 bits per heavy atom. The van der Waals surface area contributed by atoms with E-state index in [1.54, 1.807) is 12.1 Å². The smallest absolute Gasteiger partial charge is 0.253 e. The third-order valence-electron chi connectivity index (χ3n) is 4.70. The molecule has 0 saturated carbocycles. The third kappa shape index (κ3) is 5.10. The minimum absolute atomic E-state index is 0.173. The van der Waals surface area contributed by atoms with Crippen molar-refractivity contribution in [2.45, 2.75) is 20.3 Å². The maximum absolute atomic E-state index is 12.9. The summed E-state index contributed by atoms with van der Waals surface area (Å²) in [6.45, 7) is 4.53. The Morgan fingerprint density at radius 1 is 0.931 bits per heavy atom. The first-order chi connectivity index (χ1) is 14.0. The van der Waals surface area contributed by atoms with Gasteiger partial charge in [-0.2, -0.15) is 0 Å². The van der Waals surface area contributed by atoms with E-state index in [1.165, 1.54) is 12.1 Å². The summed E-state index contributed by atoms with van der Waals surface area (Å²) in [7, 11) is 0. The van der Waals surface area contributed by atoms with Gasteiger partial charge in [-0.05, 0) is 49.7 Å². The summed E-state index contributed by atoms with van der Waals surface area (Å²) >= 11 is 0. The van der Waals surface area contributed by atoms with Crippen LogP contribution in [0.3, 0.4) is 0 Å². The number of nitrogens with one attached hydrogen (secondary N) is 2. The van der Waals surface area contributed by atoms with Crippen LogP contribution in [0, 0.1) is 19.7 Å². The normalized spacial score (nSPS) is 10.6. The average molecular weight is 393 g/mol. The molecule has 0 aliphatic rings. The molecule has 1 heterocycles. The van der Waals surface area contributed by atoms with Gasteiger partial charge < -0.3 is 15.2 Å². The predicted molar refractivity (Wildman–Crippen MR) is 111 cm³/mol. The number of para-hydroxylation sites is 1. The average Bonchev–Trinajstić information content (AvgIpc) is 3.01. The molecule has 2 amide bonds. The highest BCUT2D eigenvalue weighted by atomic mass is 19.1. The van der Waals surface area contributed by atoms with Gasteiger partial charge in [0, 0.05) is 30.2 Å². The van der Waals surface area contributed by atoms with Gasteiger partial charge in [-0.15, -0.1) is 0 Å². The fraction of sp³-hybridized carbons (Fsp3) is 0.217. The van der Waals surface area contributed by atoms with Crippen molar-refractivity contribution in [3.05, 3.63) is 89.0 Å². The minimum Gasteiger partial charge on any atom is -0.354 e. The Kier molecular flexibility index (Phi) is 6.44. The van der Waals surface area contributed by atoms with E-state index < -0.39 is 0 Å². The molecule has 3 rings (SSSR count). The summed E-state index contributed by atoms with van der Waals surface area (Å²) in [6.07, 6.45) is 0.173. The molecule has 150 valence electrons. The maximum atomic E-state index is 12.9. The zero-order valence-electron chi connectivity index (χ0n) is 16.5. The van der Waals surface area contributed by atoms with Crippen molar-refractivity contribution in [1.29, 1.82) is 0 Å². The summed E-state index contributed by atoms with van der Waals surface area (Å²) in [6, 6.07) is 17.6. The zero-order valence-corrected chi connectivity index (χ0v) is 16.5. The first-order valence-electron chi connectivity index (χ1n) is 9.49. The molecule has 0 bridgehead atoms. The third-order valence-corrected chi connectivity index (χ3v) is 4.70. The molecule has 0 atom stereocenters. The van der Waals surface area contributed by atoms with Crippen molar-refractivity contribution in [3.63, 3.8) is 0 Å². The van der Waals surface area contributed by atoms with Crippen molar-refractivity contribution in [2.75, 3.05) is 13.1 Å². The number of aryl methyl sites for hydroxylation is 1. The van der Waals surface area contributed by atoms with Crippen LogP contribution in [0.2, 0.25) is 0 Å². The van der Waals surface area contributed by atoms with Crippen LogP contribution in [0.5, 0.6) is 0 Å². The summed E-state index contributed by atoms with van der Waals surface area (Å²) in [5.41, 5.74) is 4.21. The van der Waals surface area contributed by atoms with Crippen LogP contribution >= 0.6 is 0 Å². The lowest BCUT2D eigenvalue weighted by molar-refractivity contribution is -0.120. The highest BCUT2D eigenvalue weighted by molar-refractivity contribution is 5.96. The zero-order chi connectivity index (χ0) is 20.8. The summed E-state index contributed by atoms with van der Waals surface area (Å²) in [5.74, 6) is -0.676. The second-order valence-electron chi connectivity index (χ2n) is 6.86. The van der Waals surface area contributed by atoms with E-state index in [-0.39, 0.29) is 24.1 Å². The van der Waals surface area contributed by atoms with Gasteiger partial charge in [0.1, 0.15) is 5.82 Å². The van der Waals surface area contributed by atoms with Gasteiger partial charge in [0.25, 0.3) is 5.91 Å². The van der Waals surface area contributed by atoms with Crippen LogP contribution < -0.4 is 10.6 Å². The number of hydrogen-bond acceptors (Lipinski definition) is 2. The second kappa shape index (κ2) is 9.19. The summed E-state index contributed by atoms with van der Waals surface area (Å²) in [5, 5.41) is 5.60. The molecule has 5 nitrogen and oxygen atoms in total. The summed E-state index contributed by atoms with van der Waals surface area (Å²) in [4.78, 5) is 24.5. The van der Waals surface area contributed by atoms with Gasteiger partial charge in [-0.25, -0.2) is 4.39 Å². The Labute approximate surface area is 169 Å². The number of amides is 2. The Bertz CT molecular complexity index is 995. The first-order valence-corrected chi connectivity index (χ1v) is 9.49. The molecule has 2 aromatic carbocycles. The van der Waals surface area contributed by atoms with Crippen LogP contribution in [-0.2, 0) is 11.2 Å². The second-order valence-corrected chi connectivity index (χ2v) is 6.86. The van der Waals surface area contributed by atoms with Crippen molar-refractivity contribution in [1.82, 2.24) is 15.2 Å². The van der Waals surface area contributed by atoms with E-state index in [2.05, 4.69) is 10.6 Å². The van der Waals surface area contributed by atoms with E-state index in [1.807, 2.05) is 54.8 Å². The molecule has 0 aliphatic heterocycles. The number of carbonyl (C=O) groups excluding carboxylic acids is 2. The van der Waals surface area contributed by atoms with Gasteiger partial charge in [-0.3, -0.25) is 9.59 Å². The molecule has 1 aromatic heterocycles. The number of hydrogen-bond donors (Lipinski definition) is 2. The number of benzene rings is 2. The molecule has 3 aromatic rings. The molecule has 0 aliphatic carbocycles. The molecule has 29 heavy (non-hydrogen) atoms. The molecule has 0 unspecified atom stereocenters. The van der Waals surface area contributed by atoms with Gasteiger partial charge in [-0.1, -0.05) is 30.3 Å². The number of nitrogens with zero attached hydrogens (tertiary/aromatic N) is 1. The molecule has 0 saturated heterocycles. The van der Waals surface area contributed by atoms with Gasteiger partial charge in [0.2, 0.25) is 5.91 Å². The molecule has 0 spiro atoms. The number of carbonyl (C=O) groups is 2. The van der Waals surface area contributed by atoms with Crippen molar-refractivity contribution >= 4 is 11.8 Å². The topological polar surface area (TPSA) is 63.1 Å². The standard InChI is InChI=1S/C23H24FN3O2/c1-16-14-21(17(2)27(16)20-6-4-3-5-7-20)23(29)26-13-12-25-22(28)15-18-8-10-19(24)11-9-18/h3-11,14H,12-13,15H2,1-2H3,(H,25,28)(H,26,29). The highest BCUT2D eigenvalue weighted by Gasteiger charge is 2.16. The molecular formula is C23H24FN3O2. The fourth-order valence-electron chi connectivity index (χ4n) is 3.29. The molecule has 6 heteroatoms. The lowest BCUT2D eigenvalue weighted by atomic mass is 10.1. The lowest BCUT2D eigenvalue weighted by Crippen LogP contribution is -2.35. The predicted octanol–water partition coefficient (Wildman–Crippen LogP) is 3.32. The number of halogens is 1. The van der Waals surface area contributed by atoms with E-state index in [0.29, 0.717) is 18.7 Å². The SMILES string of the molecule is Cc1cc(C(=O)NCCNC(=O)Cc2ccc(F)cc2)c(C)n1-c1ccccc1. The molecular weight excluding hydrogens is 369 g/mol. The Morgan fingerprint density at radius 3 is 2.28 bits per heavy atom.